The highest BCUT2D eigenvalue weighted by Crippen LogP contribution is 2.37. The van der Waals surface area contributed by atoms with E-state index in [9.17, 15) is 4.79 Å². The van der Waals surface area contributed by atoms with Crippen LogP contribution in [-0.4, -0.2) is 40.3 Å². The summed E-state index contributed by atoms with van der Waals surface area (Å²) in [7, 11) is 0. The second-order valence-corrected chi connectivity index (χ2v) is 8.19. The molecule has 0 fully saturated rings. The molecule has 0 unspecified atom stereocenters. The maximum atomic E-state index is 12.4. The lowest BCUT2D eigenvalue weighted by Gasteiger charge is -2.17. The van der Waals surface area contributed by atoms with Gasteiger partial charge in [0.25, 0.3) is 0 Å². The molecule has 1 aromatic carbocycles. The van der Waals surface area contributed by atoms with Crippen LogP contribution in [0.25, 0.3) is 10.2 Å². The van der Waals surface area contributed by atoms with Gasteiger partial charge in [-0.15, -0.1) is 0 Å². The van der Waals surface area contributed by atoms with Gasteiger partial charge in [0.15, 0.2) is 21.8 Å². The minimum atomic E-state index is -0.0796. The number of nitrogens with zero attached hydrogens (tertiary/aromatic N) is 3. The van der Waals surface area contributed by atoms with E-state index in [0.717, 1.165) is 38.1 Å². The van der Waals surface area contributed by atoms with Crippen LogP contribution in [0.15, 0.2) is 17.3 Å². The Morgan fingerprint density at radius 1 is 1.14 bits per heavy atom. The first kappa shape index (κ1) is 18.9. The second-order valence-electron chi connectivity index (χ2n) is 6.39. The fourth-order valence-corrected chi connectivity index (χ4v) is 4.45. The van der Waals surface area contributed by atoms with Crippen molar-refractivity contribution in [2.24, 2.45) is 0 Å². The van der Waals surface area contributed by atoms with Crippen LogP contribution in [0.5, 0.6) is 11.5 Å². The molecule has 4 rings (SSSR count). The van der Waals surface area contributed by atoms with Gasteiger partial charge >= 0.3 is 0 Å². The highest BCUT2D eigenvalue weighted by Gasteiger charge is 2.16. The van der Waals surface area contributed by atoms with Crippen molar-refractivity contribution in [1.29, 1.82) is 0 Å². The molecule has 28 heavy (non-hydrogen) atoms. The van der Waals surface area contributed by atoms with E-state index in [4.69, 9.17) is 9.47 Å². The molecule has 2 aromatic heterocycles. The number of fused-ring (bicyclic) bond motifs is 2. The molecule has 0 spiro atoms. The average molecular weight is 417 g/mol. The number of aryl methyl sites for hydroxylation is 2. The number of benzene rings is 1. The number of hydrogen-bond donors (Lipinski definition) is 1. The largest absolute Gasteiger partial charge is 0.486 e. The highest BCUT2D eigenvalue weighted by molar-refractivity contribution is 7.98. The summed E-state index contributed by atoms with van der Waals surface area (Å²) >= 11 is 2.94. The standard InChI is InChI=1S/C19H20N4O3S2/c1-10-12(11(2)21-18(20-10)27-3)4-5-17(24)23-19-22-13-8-14-15(9-16(13)28-19)26-7-6-25-14/h8-9H,4-7H2,1-3H3,(H,22,23,24). The Morgan fingerprint density at radius 3 is 2.50 bits per heavy atom. The van der Waals surface area contributed by atoms with Gasteiger partial charge in [0, 0.05) is 29.9 Å². The number of nitrogens with one attached hydrogen (secondary N) is 1. The summed E-state index contributed by atoms with van der Waals surface area (Å²) in [5.74, 6) is 1.34. The molecular formula is C19H20N4O3S2. The van der Waals surface area contributed by atoms with Crippen molar-refractivity contribution in [2.45, 2.75) is 31.8 Å². The van der Waals surface area contributed by atoms with E-state index in [2.05, 4.69) is 20.3 Å². The Morgan fingerprint density at radius 2 is 1.82 bits per heavy atom. The first-order valence-electron chi connectivity index (χ1n) is 8.91. The van der Waals surface area contributed by atoms with E-state index >= 15 is 0 Å². The summed E-state index contributed by atoms with van der Waals surface area (Å²) in [5.41, 5.74) is 3.67. The van der Waals surface area contributed by atoms with Crippen molar-refractivity contribution in [3.8, 4) is 11.5 Å². The van der Waals surface area contributed by atoms with Crippen LogP contribution >= 0.6 is 23.1 Å². The molecule has 1 N–H and O–H groups in total. The second kappa shape index (κ2) is 7.92. The van der Waals surface area contributed by atoms with E-state index < -0.39 is 0 Å². The zero-order valence-electron chi connectivity index (χ0n) is 15.9. The molecule has 7 nitrogen and oxygen atoms in total. The molecule has 1 aliphatic rings. The minimum absolute atomic E-state index is 0.0796. The molecule has 0 atom stereocenters. The van der Waals surface area contributed by atoms with Crippen LogP contribution in [-0.2, 0) is 11.2 Å². The van der Waals surface area contributed by atoms with Gasteiger partial charge in [-0.05, 0) is 32.1 Å². The van der Waals surface area contributed by atoms with Crippen molar-refractivity contribution < 1.29 is 14.3 Å². The number of thiazole rings is 1. The SMILES string of the molecule is CSc1nc(C)c(CCC(=O)Nc2nc3cc4c(cc3s2)OCCO4)c(C)n1. The van der Waals surface area contributed by atoms with E-state index in [1.165, 1.54) is 23.1 Å². The first-order valence-corrected chi connectivity index (χ1v) is 11.0. The van der Waals surface area contributed by atoms with E-state index in [0.29, 0.717) is 36.9 Å². The summed E-state index contributed by atoms with van der Waals surface area (Å²) < 4.78 is 12.1. The molecular weight excluding hydrogens is 396 g/mol. The Balaban J connectivity index is 1.44. The van der Waals surface area contributed by atoms with E-state index in [-0.39, 0.29) is 5.91 Å². The third-order valence-corrected chi connectivity index (χ3v) is 5.96. The van der Waals surface area contributed by atoms with Gasteiger partial charge in [-0.25, -0.2) is 15.0 Å². The van der Waals surface area contributed by atoms with Gasteiger partial charge in [0.05, 0.1) is 10.2 Å². The number of thioether (sulfide) groups is 1. The molecule has 146 valence electrons. The summed E-state index contributed by atoms with van der Waals surface area (Å²) in [4.78, 5) is 25.9. The molecule has 0 radical (unpaired) electrons. The van der Waals surface area contributed by atoms with Crippen molar-refractivity contribution >= 4 is 44.4 Å². The summed E-state index contributed by atoms with van der Waals surface area (Å²) in [6, 6.07) is 3.77. The fourth-order valence-electron chi connectivity index (χ4n) is 3.10. The maximum absolute atomic E-state index is 12.4. The summed E-state index contributed by atoms with van der Waals surface area (Å²) in [6.07, 6.45) is 2.90. The van der Waals surface area contributed by atoms with Gasteiger partial charge in [0.1, 0.15) is 13.2 Å². The molecule has 0 saturated heterocycles. The summed E-state index contributed by atoms with van der Waals surface area (Å²) in [5, 5.41) is 4.23. The molecule has 9 heteroatoms. The van der Waals surface area contributed by atoms with Gasteiger partial charge in [-0.3, -0.25) is 4.79 Å². The van der Waals surface area contributed by atoms with Gasteiger partial charge in [-0.1, -0.05) is 23.1 Å². The lowest BCUT2D eigenvalue weighted by atomic mass is 10.1. The molecule has 0 bridgehead atoms. The van der Waals surface area contributed by atoms with Crippen LogP contribution in [0, 0.1) is 13.8 Å². The predicted molar refractivity (Wildman–Crippen MR) is 111 cm³/mol. The van der Waals surface area contributed by atoms with Crippen LogP contribution in [0.4, 0.5) is 5.13 Å². The van der Waals surface area contributed by atoms with Gasteiger partial charge in [-0.2, -0.15) is 0 Å². The highest BCUT2D eigenvalue weighted by atomic mass is 32.2. The lowest BCUT2D eigenvalue weighted by Crippen LogP contribution is -2.15. The predicted octanol–water partition coefficient (Wildman–Crippen LogP) is 3.77. The average Bonchev–Trinajstić information content (AvgIpc) is 3.05. The normalized spacial score (nSPS) is 13.0. The summed E-state index contributed by atoms with van der Waals surface area (Å²) in [6.45, 7) is 5.00. The quantitative estimate of drug-likeness (QED) is 0.500. The number of aromatic nitrogens is 3. The van der Waals surface area contributed by atoms with E-state index in [1.807, 2.05) is 32.2 Å². The molecule has 0 aliphatic carbocycles. The lowest BCUT2D eigenvalue weighted by molar-refractivity contribution is -0.116. The zero-order valence-corrected chi connectivity index (χ0v) is 17.5. The minimum Gasteiger partial charge on any atom is -0.486 e. The topological polar surface area (TPSA) is 86.2 Å². The number of ether oxygens (including phenoxy) is 2. The van der Waals surface area contributed by atoms with Crippen molar-refractivity contribution in [2.75, 3.05) is 24.8 Å². The molecule has 1 amide bonds. The zero-order chi connectivity index (χ0) is 19.7. The Hall–Kier alpha value is -2.39. The molecule has 3 heterocycles. The van der Waals surface area contributed by atoms with E-state index in [1.54, 1.807) is 0 Å². The van der Waals surface area contributed by atoms with Crippen molar-refractivity contribution in [1.82, 2.24) is 15.0 Å². The third kappa shape index (κ3) is 3.90. The number of anilines is 1. The Labute approximate surface area is 170 Å². The first-order chi connectivity index (χ1) is 13.5. The molecule has 0 saturated carbocycles. The molecule has 1 aliphatic heterocycles. The van der Waals surface area contributed by atoms with Crippen LogP contribution < -0.4 is 14.8 Å². The van der Waals surface area contributed by atoms with Crippen LogP contribution in [0.2, 0.25) is 0 Å². The third-order valence-electron chi connectivity index (χ3n) is 4.48. The van der Waals surface area contributed by atoms with Crippen molar-refractivity contribution in [3.05, 3.63) is 29.1 Å². The van der Waals surface area contributed by atoms with Crippen LogP contribution in [0.1, 0.15) is 23.4 Å². The maximum Gasteiger partial charge on any atom is 0.226 e. The van der Waals surface area contributed by atoms with Gasteiger partial charge in [0.2, 0.25) is 5.91 Å². The van der Waals surface area contributed by atoms with Gasteiger partial charge < -0.3 is 14.8 Å². The number of carbonyl (C=O) groups excluding carboxylic acids is 1. The fraction of sp³-hybridized carbons (Fsp3) is 0.368. The monoisotopic (exact) mass is 416 g/mol. The Bertz CT molecular complexity index is 985. The van der Waals surface area contributed by atoms with Crippen LogP contribution in [0.3, 0.4) is 0 Å². The number of amides is 1. The number of hydrogen-bond acceptors (Lipinski definition) is 8. The Kier molecular flexibility index (Phi) is 5.36. The number of carbonyl (C=O) groups is 1. The smallest absolute Gasteiger partial charge is 0.226 e. The number of rotatable bonds is 5. The van der Waals surface area contributed by atoms with Crippen molar-refractivity contribution in [3.63, 3.8) is 0 Å². The molecule has 3 aromatic rings.